The Bertz CT molecular complexity index is 150. The van der Waals surface area contributed by atoms with Crippen molar-refractivity contribution < 1.29 is 9.53 Å². The molecule has 1 unspecified atom stereocenters. The zero-order chi connectivity index (χ0) is 8.85. The van der Waals surface area contributed by atoms with Gasteiger partial charge in [0.25, 0.3) is 0 Å². The summed E-state index contributed by atoms with van der Waals surface area (Å²) in [6, 6.07) is 0. The number of carbonyl (C=O) groups is 1. The van der Waals surface area contributed by atoms with E-state index in [1.165, 1.54) is 0 Å². The summed E-state index contributed by atoms with van der Waals surface area (Å²) >= 11 is 0. The molecule has 1 atom stereocenters. The van der Waals surface area contributed by atoms with Crippen LogP contribution in [0.1, 0.15) is 33.6 Å². The van der Waals surface area contributed by atoms with Crippen molar-refractivity contribution >= 4 is 5.97 Å². The van der Waals surface area contributed by atoms with Crippen LogP contribution in [0.3, 0.4) is 0 Å². The highest BCUT2D eigenvalue weighted by atomic mass is 16.5. The average Bonchev–Trinajstić information content (AvgIpc) is 1.87. The van der Waals surface area contributed by atoms with Gasteiger partial charge in [0, 0.05) is 6.42 Å². The summed E-state index contributed by atoms with van der Waals surface area (Å²) in [6.07, 6.45) is 1.19. The lowest BCUT2D eigenvalue weighted by Crippen LogP contribution is -2.14. The summed E-state index contributed by atoms with van der Waals surface area (Å²) in [7, 11) is 0. The van der Waals surface area contributed by atoms with Crippen LogP contribution in [-0.2, 0) is 9.53 Å². The zero-order valence-electron chi connectivity index (χ0n) is 7.52. The van der Waals surface area contributed by atoms with Gasteiger partial charge in [0.05, 0.1) is 0 Å². The van der Waals surface area contributed by atoms with Crippen molar-refractivity contribution in [1.29, 1.82) is 0 Å². The molecule has 0 aromatic rings. The van der Waals surface area contributed by atoms with Crippen molar-refractivity contribution in [3.05, 3.63) is 12.2 Å². The number of ether oxygens (including phenoxy) is 1. The molecule has 64 valence electrons. The van der Waals surface area contributed by atoms with E-state index in [0.717, 1.165) is 12.0 Å². The van der Waals surface area contributed by atoms with Crippen LogP contribution in [-0.4, -0.2) is 12.1 Å². The molecule has 0 aromatic carbocycles. The Morgan fingerprint density at radius 1 is 1.64 bits per heavy atom. The van der Waals surface area contributed by atoms with Crippen molar-refractivity contribution in [1.82, 2.24) is 0 Å². The van der Waals surface area contributed by atoms with E-state index < -0.39 is 0 Å². The molecular formula is C9H16O2. The summed E-state index contributed by atoms with van der Waals surface area (Å²) in [5, 5.41) is 0. The van der Waals surface area contributed by atoms with Gasteiger partial charge in [-0.3, -0.25) is 4.79 Å². The molecule has 0 saturated heterocycles. The maximum Gasteiger partial charge on any atom is 0.306 e. The number of carbonyl (C=O) groups excluding carboxylic acids is 1. The zero-order valence-corrected chi connectivity index (χ0v) is 7.52. The fourth-order valence-electron chi connectivity index (χ4n) is 0.561. The highest BCUT2D eigenvalue weighted by Crippen LogP contribution is 2.04. The molecule has 0 saturated carbocycles. The predicted molar refractivity (Wildman–Crippen MR) is 45.3 cm³/mol. The standard InChI is InChI=1S/C9H16O2/c1-5-6-9(10)11-8(4)7(2)3/h8H,2,5-6H2,1,3-4H3. The van der Waals surface area contributed by atoms with Crippen molar-refractivity contribution in [2.24, 2.45) is 0 Å². The Balaban J connectivity index is 3.66. The van der Waals surface area contributed by atoms with Gasteiger partial charge in [-0.05, 0) is 25.8 Å². The van der Waals surface area contributed by atoms with Crippen LogP contribution in [0.15, 0.2) is 12.2 Å². The van der Waals surface area contributed by atoms with E-state index in [9.17, 15) is 4.79 Å². The molecule has 0 N–H and O–H groups in total. The Morgan fingerprint density at radius 3 is 2.55 bits per heavy atom. The van der Waals surface area contributed by atoms with Crippen molar-refractivity contribution in [3.63, 3.8) is 0 Å². The Labute approximate surface area is 68.2 Å². The summed E-state index contributed by atoms with van der Waals surface area (Å²) < 4.78 is 5.01. The van der Waals surface area contributed by atoms with Gasteiger partial charge < -0.3 is 4.74 Å². The molecule has 2 nitrogen and oxygen atoms in total. The maximum absolute atomic E-state index is 10.9. The first kappa shape index (κ1) is 10.2. The molecular weight excluding hydrogens is 140 g/mol. The average molecular weight is 156 g/mol. The molecule has 2 heteroatoms. The van der Waals surface area contributed by atoms with Crippen LogP contribution in [0.5, 0.6) is 0 Å². The van der Waals surface area contributed by atoms with Crippen molar-refractivity contribution in [2.45, 2.75) is 39.7 Å². The highest BCUT2D eigenvalue weighted by Gasteiger charge is 2.07. The second kappa shape index (κ2) is 4.94. The van der Waals surface area contributed by atoms with Crippen LogP contribution in [0.2, 0.25) is 0 Å². The molecule has 0 spiro atoms. The molecule has 0 radical (unpaired) electrons. The minimum Gasteiger partial charge on any atom is -0.458 e. The Morgan fingerprint density at radius 2 is 2.18 bits per heavy atom. The quantitative estimate of drug-likeness (QED) is 0.461. The van der Waals surface area contributed by atoms with E-state index in [-0.39, 0.29) is 12.1 Å². The molecule has 0 aromatic heterocycles. The molecule has 0 amide bonds. The molecule has 0 aliphatic heterocycles. The lowest BCUT2D eigenvalue weighted by atomic mass is 10.2. The number of hydrogen-bond acceptors (Lipinski definition) is 2. The first-order valence-corrected chi connectivity index (χ1v) is 3.92. The Hall–Kier alpha value is -0.790. The minimum absolute atomic E-state index is 0.136. The van der Waals surface area contributed by atoms with Gasteiger partial charge in [0.15, 0.2) is 0 Å². The second-order valence-corrected chi connectivity index (χ2v) is 2.73. The number of hydrogen-bond donors (Lipinski definition) is 0. The van der Waals surface area contributed by atoms with E-state index in [0.29, 0.717) is 6.42 Å². The topological polar surface area (TPSA) is 26.3 Å². The molecule has 0 heterocycles. The molecule has 0 aliphatic carbocycles. The third-order valence-electron chi connectivity index (χ3n) is 1.46. The first-order chi connectivity index (χ1) is 5.07. The fourth-order valence-corrected chi connectivity index (χ4v) is 0.561. The normalized spacial score (nSPS) is 12.3. The lowest BCUT2D eigenvalue weighted by molar-refractivity contribution is -0.146. The molecule has 11 heavy (non-hydrogen) atoms. The first-order valence-electron chi connectivity index (χ1n) is 3.92. The van der Waals surface area contributed by atoms with Gasteiger partial charge in [0.1, 0.15) is 6.10 Å². The van der Waals surface area contributed by atoms with Gasteiger partial charge in [-0.2, -0.15) is 0 Å². The summed E-state index contributed by atoms with van der Waals surface area (Å²) in [4.78, 5) is 10.9. The summed E-state index contributed by atoms with van der Waals surface area (Å²) in [5.74, 6) is -0.136. The lowest BCUT2D eigenvalue weighted by Gasteiger charge is -2.11. The third kappa shape index (κ3) is 4.59. The maximum atomic E-state index is 10.9. The molecule has 0 fully saturated rings. The smallest absolute Gasteiger partial charge is 0.306 e. The third-order valence-corrected chi connectivity index (χ3v) is 1.46. The Kier molecular flexibility index (Phi) is 4.59. The number of esters is 1. The molecule has 0 aliphatic rings. The van der Waals surface area contributed by atoms with Crippen LogP contribution in [0, 0.1) is 0 Å². The van der Waals surface area contributed by atoms with E-state index in [2.05, 4.69) is 6.58 Å². The molecule has 0 rings (SSSR count). The van der Waals surface area contributed by atoms with Crippen LogP contribution >= 0.6 is 0 Å². The highest BCUT2D eigenvalue weighted by molar-refractivity contribution is 5.69. The SMILES string of the molecule is C=C(C)C(C)OC(=O)CCC. The summed E-state index contributed by atoms with van der Waals surface area (Å²) in [6.45, 7) is 9.32. The van der Waals surface area contributed by atoms with Crippen LogP contribution in [0.4, 0.5) is 0 Å². The minimum atomic E-state index is -0.144. The van der Waals surface area contributed by atoms with Crippen LogP contribution < -0.4 is 0 Å². The van der Waals surface area contributed by atoms with Gasteiger partial charge in [0.2, 0.25) is 0 Å². The summed E-state index contributed by atoms with van der Waals surface area (Å²) in [5.41, 5.74) is 0.884. The second-order valence-electron chi connectivity index (χ2n) is 2.73. The van der Waals surface area contributed by atoms with E-state index in [1.807, 2.05) is 20.8 Å². The van der Waals surface area contributed by atoms with E-state index >= 15 is 0 Å². The van der Waals surface area contributed by atoms with Gasteiger partial charge in [-0.25, -0.2) is 0 Å². The van der Waals surface area contributed by atoms with Gasteiger partial charge >= 0.3 is 5.97 Å². The largest absolute Gasteiger partial charge is 0.458 e. The van der Waals surface area contributed by atoms with Gasteiger partial charge in [-0.1, -0.05) is 13.5 Å². The van der Waals surface area contributed by atoms with Crippen LogP contribution in [0.25, 0.3) is 0 Å². The van der Waals surface area contributed by atoms with Crippen molar-refractivity contribution in [2.75, 3.05) is 0 Å². The van der Waals surface area contributed by atoms with E-state index in [4.69, 9.17) is 4.74 Å². The predicted octanol–water partition coefficient (Wildman–Crippen LogP) is 2.29. The van der Waals surface area contributed by atoms with E-state index in [1.54, 1.807) is 0 Å². The monoisotopic (exact) mass is 156 g/mol. The molecule has 0 bridgehead atoms. The van der Waals surface area contributed by atoms with Gasteiger partial charge in [-0.15, -0.1) is 0 Å². The fraction of sp³-hybridized carbons (Fsp3) is 0.667. The van der Waals surface area contributed by atoms with Crippen molar-refractivity contribution in [3.8, 4) is 0 Å². The number of rotatable bonds is 4.